The number of H-pyrrole nitrogens is 2. The summed E-state index contributed by atoms with van der Waals surface area (Å²) in [6, 6.07) is 0. The van der Waals surface area contributed by atoms with Gasteiger partial charge in [0.05, 0.1) is 26.6 Å². The molecule has 11 atom stereocenters. The van der Waals surface area contributed by atoms with Crippen LogP contribution < -0.4 is 27.2 Å². The van der Waals surface area contributed by atoms with Gasteiger partial charge in [0.15, 0.2) is 29.6 Å². The van der Waals surface area contributed by atoms with Crippen molar-refractivity contribution in [3.63, 3.8) is 0 Å². The maximum Gasteiger partial charge on any atom is 0.479 e. The molecule has 2 fully saturated rings. The molecule has 0 saturated carbocycles. The quantitative estimate of drug-likeness (QED) is 0.0457. The largest absolute Gasteiger partial charge is 0.479 e. The highest BCUT2D eigenvalue weighted by Crippen LogP contribution is 2.66. The van der Waals surface area contributed by atoms with Gasteiger partial charge in [0, 0.05) is 7.11 Å². The molecule has 4 aromatic rings. The number of nitrogens with zero attached hydrogens (tertiary/aromatic N) is 6. The lowest BCUT2D eigenvalue weighted by atomic mass is 10.1. The number of nitrogens with one attached hydrogen (secondary N) is 2. The Hall–Kier alpha value is -3.49. The van der Waals surface area contributed by atoms with Crippen molar-refractivity contribution in [3.05, 3.63) is 33.4 Å². The second-order valence-electron chi connectivity index (χ2n) is 11.9. The van der Waals surface area contributed by atoms with E-state index in [4.69, 9.17) is 34.7 Å². The summed E-state index contributed by atoms with van der Waals surface area (Å²) in [4.78, 5) is 71.7. The number of methoxy groups -OCH3 is 1. The van der Waals surface area contributed by atoms with Crippen molar-refractivity contribution in [2.75, 3.05) is 37.7 Å². The molecule has 4 aromatic heterocycles. The van der Waals surface area contributed by atoms with Crippen LogP contribution in [0.2, 0.25) is 0 Å². The molecule has 3 unspecified atom stereocenters. The lowest BCUT2D eigenvalue weighted by Crippen LogP contribution is -2.47. The molecule has 292 valence electrons. The van der Waals surface area contributed by atoms with Gasteiger partial charge in [-0.3, -0.25) is 42.3 Å². The van der Waals surface area contributed by atoms with Gasteiger partial charge in [0.1, 0.15) is 36.6 Å². The van der Waals surface area contributed by atoms with Gasteiger partial charge in [-0.25, -0.2) is 18.4 Å². The monoisotopic (exact) mass is 815 g/mol. The number of hydrogen-bond donors (Lipinski definition) is 10. The SMILES string of the molecule is CO[C@@H]1[C@H](O)[C@@H](COP(=O)(O)OP(=O)(O)CP(=O)(O)OC[C@H]2O[C@@H](n3cnc4c(=O)[nH]c(N)nc43)[C@H](O)[C@@H]2O)O[C@H]1[n+]1cn(C)c2c(=O)[nH]c(N)nc21. The van der Waals surface area contributed by atoms with Gasteiger partial charge < -0.3 is 60.2 Å². The van der Waals surface area contributed by atoms with Gasteiger partial charge in [0.25, 0.3) is 17.1 Å². The van der Waals surface area contributed by atoms with Crippen molar-refractivity contribution in [1.29, 1.82) is 0 Å². The van der Waals surface area contributed by atoms with Crippen molar-refractivity contribution >= 4 is 57.2 Å². The van der Waals surface area contributed by atoms with Crippen molar-refractivity contribution in [2.24, 2.45) is 7.05 Å². The maximum atomic E-state index is 12.7. The lowest BCUT2D eigenvalue weighted by Gasteiger charge is -2.21. The fourth-order valence-electron chi connectivity index (χ4n) is 5.85. The summed E-state index contributed by atoms with van der Waals surface area (Å²) in [7, 11) is -13.4. The first-order valence-electron chi connectivity index (χ1n) is 15.0. The van der Waals surface area contributed by atoms with E-state index >= 15 is 0 Å². The molecule has 0 amide bonds. The minimum Gasteiger partial charge on any atom is -0.387 e. The molecule has 2 saturated heterocycles. The number of aliphatic hydroxyl groups is 3. The fourth-order valence-corrected chi connectivity index (χ4v) is 10.8. The molecule has 30 heteroatoms. The summed E-state index contributed by atoms with van der Waals surface area (Å²) in [6.45, 7) is -1.90. The standard InChI is InChI=1S/C23H33N10O17P3/c1-31-6-33(17-11(31)19(38)30-23(25)28-17)21-15(45-2)13(35)9(49-21)4-47-53(43,44)50-52(41,42)7-51(39,40)46-3-8-12(34)14(36)20(48-8)32-5-26-10-16(32)27-22(24)29-18(10)37/h5-6,8-9,12-15,20-21,34-36H,3-4,7H2,1-2H3,(H8-,24,25,27,28,29,30,37,38,39,40,41,42,43,44)/p+1/t8-,9-,12-,13-,14-,15-,20-,21-/m1/s1. The predicted molar refractivity (Wildman–Crippen MR) is 172 cm³/mol. The van der Waals surface area contributed by atoms with Crippen molar-refractivity contribution in [2.45, 2.75) is 49.1 Å². The van der Waals surface area contributed by atoms with Crippen LogP contribution in [0.1, 0.15) is 12.5 Å². The Morgan fingerprint density at radius 2 is 1.57 bits per heavy atom. The fraction of sp³-hybridized carbons (Fsp3) is 0.565. The zero-order valence-electron chi connectivity index (χ0n) is 27.2. The zero-order valence-corrected chi connectivity index (χ0v) is 29.9. The van der Waals surface area contributed by atoms with E-state index in [1.165, 1.54) is 29.6 Å². The van der Waals surface area contributed by atoms with Crippen LogP contribution >= 0.6 is 23.0 Å². The Balaban J connectivity index is 1.06. The summed E-state index contributed by atoms with van der Waals surface area (Å²) in [5.41, 5.74) is 9.79. The molecule has 0 aromatic carbocycles. The third kappa shape index (κ3) is 7.86. The minimum atomic E-state index is -5.53. The number of nitrogens with two attached hydrogens (primary N) is 2. The summed E-state index contributed by atoms with van der Waals surface area (Å²) in [5, 5.41) is 31.9. The minimum absolute atomic E-state index is 0.0418. The van der Waals surface area contributed by atoms with Crippen LogP contribution in [-0.2, 0) is 48.3 Å². The molecular weight excluding hydrogens is 781 g/mol. The first-order valence-corrected chi connectivity index (χ1v) is 20.1. The van der Waals surface area contributed by atoms with Crippen LogP contribution in [-0.4, -0.2) is 127 Å². The van der Waals surface area contributed by atoms with Crippen molar-refractivity contribution < 1.29 is 75.8 Å². The van der Waals surface area contributed by atoms with Crippen LogP contribution in [0.4, 0.5) is 11.9 Å². The van der Waals surface area contributed by atoms with Crippen molar-refractivity contribution in [3.8, 4) is 0 Å². The molecule has 0 bridgehead atoms. The van der Waals surface area contributed by atoms with E-state index < -0.39 is 102 Å². The average molecular weight is 815 g/mol. The number of aromatic nitrogens is 8. The zero-order chi connectivity index (χ0) is 38.8. The second kappa shape index (κ2) is 14.3. The number of phosphoric acid groups is 1. The number of aryl methyl sites for hydroxylation is 1. The number of phosphoric ester groups is 1. The molecule has 0 aliphatic carbocycles. The molecule has 12 N–H and O–H groups in total. The number of ether oxygens (including phenoxy) is 3. The maximum absolute atomic E-state index is 12.7. The third-order valence-corrected chi connectivity index (χ3v) is 13.9. The molecule has 0 radical (unpaired) electrons. The summed E-state index contributed by atoms with van der Waals surface area (Å²) < 4.78 is 72.5. The van der Waals surface area contributed by atoms with Gasteiger partial charge in [-0.05, 0) is 0 Å². The second-order valence-corrected chi connectivity index (χ2v) is 17.7. The lowest BCUT2D eigenvalue weighted by molar-refractivity contribution is -0.746. The number of nitrogen functional groups attached to an aromatic ring is 2. The molecule has 2 aliphatic heterocycles. The third-order valence-electron chi connectivity index (χ3n) is 8.14. The van der Waals surface area contributed by atoms with E-state index in [1.807, 2.05) is 0 Å². The molecular formula is C23H34N10O17P3+. The topological polar surface area (TPSA) is 398 Å². The first-order chi connectivity index (χ1) is 24.7. The first kappa shape index (κ1) is 39.2. The average Bonchev–Trinajstić information content (AvgIpc) is 3.77. The molecule has 6 rings (SSSR count). The number of fused-ring (bicyclic) bond motifs is 2. The van der Waals surface area contributed by atoms with Gasteiger partial charge in [-0.1, -0.05) is 4.98 Å². The van der Waals surface area contributed by atoms with E-state index in [0.717, 1.165) is 10.9 Å². The van der Waals surface area contributed by atoms with E-state index in [9.17, 15) is 53.3 Å². The number of aromatic amines is 2. The normalized spacial score (nSPS) is 29.7. The highest BCUT2D eigenvalue weighted by atomic mass is 31.3. The molecule has 53 heavy (non-hydrogen) atoms. The van der Waals surface area contributed by atoms with E-state index in [0.29, 0.717) is 0 Å². The summed E-state index contributed by atoms with van der Waals surface area (Å²) >= 11 is 0. The Bertz CT molecular complexity index is 2300. The van der Waals surface area contributed by atoms with E-state index in [-0.39, 0.29) is 34.2 Å². The van der Waals surface area contributed by atoms with Crippen LogP contribution in [0.15, 0.2) is 22.2 Å². The Kier molecular flexibility index (Phi) is 10.6. The van der Waals surface area contributed by atoms with Crippen LogP contribution in [0, 0.1) is 0 Å². The highest BCUT2D eigenvalue weighted by molar-refractivity contribution is 7.74. The van der Waals surface area contributed by atoms with E-state index in [2.05, 4.69) is 29.2 Å². The van der Waals surface area contributed by atoms with Crippen molar-refractivity contribution in [1.82, 2.24) is 34.1 Å². The Morgan fingerprint density at radius 1 is 0.925 bits per heavy atom. The van der Waals surface area contributed by atoms with Gasteiger partial charge >= 0.3 is 28.7 Å². The number of imidazole rings is 2. The molecule has 2 aliphatic rings. The van der Waals surface area contributed by atoms with Crippen LogP contribution in [0.25, 0.3) is 22.3 Å². The Labute approximate surface area is 294 Å². The van der Waals surface area contributed by atoms with Gasteiger partial charge in [-0.15, -0.1) is 0 Å². The molecule has 0 spiro atoms. The van der Waals surface area contributed by atoms with Gasteiger partial charge in [0.2, 0.25) is 17.7 Å². The Morgan fingerprint density at radius 3 is 2.26 bits per heavy atom. The van der Waals surface area contributed by atoms with Gasteiger partial charge in [-0.2, -0.15) is 4.98 Å². The van der Waals surface area contributed by atoms with Crippen LogP contribution in [0.3, 0.4) is 0 Å². The highest BCUT2D eigenvalue weighted by Gasteiger charge is 2.50. The number of anilines is 2. The number of hydrogen-bond acceptors (Lipinski definition) is 19. The summed E-state index contributed by atoms with van der Waals surface area (Å²) in [6.07, 6.45) is -9.33. The predicted octanol–water partition coefficient (Wildman–Crippen LogP) is -3.78. The molecule has 27 nitrogen and oxygen atoms in total. The number of aliphatic hydroxyl groups excluding tert-OH is 3. The molecule has 6 heterocycles. The van der Waals surface area contributed by atoms with E-state index in [1.54, 1.807) is 0 Å². The number of rotatable bonds is 13. The smallest absolute Gasteiger partial charge is 0.387 e. The van der Waals surface area contributed by atoms with Crippen LogP contribution in [0.5, 0.6) is 0 Å². The summed E-state index contributed by atoms with van der Waals surface area (Å²) in [5.74, 6) is -2.26.